The minimum Gasteiger partial charge on any atom is -0.392 e. The molecule has 4 aromatic carbocycles. The molecule has 0 radical (unpaired) electrons. The minimum absolute atomic E-state index is 0.00233. The number of aliphatic hydroxyl groups is 1. The first kappa shape index (κ1) is 35.0. The van der Waals surface area contributed by atoms with Gasteiger partial charge in [-0.25, -0.2) is 10.5 Å². The van der Waals surface area contributed by atoms with Crippen LogP contribution < -0.4 is 10.8 Å². The van der Waals surface area contributed by atoms with E-state index in [-0.39, 0.29) is 37.0 Å². The summed E-state index contributed by atoms with van der Waals surface area (Å²) >= 11 is 0. The molecular weight excluding hydrogens is 632 g/mol. The van der Waals surface area contributed by atoms with Crippen molar-refractivity contribution >= 4 is 22.8 Å². The van der Waals surface area contributed by atoms with E-state index in [2.05, 4.69) is 45.2 Å². The summed E-state index contributed by atoms with van der Waals surface area (Å²) in [6, 6.07) is 32.4. The minimum atomic E-state index is -0.568. The summed E-state index contributed by atoms with van der Waals surface area (Å²) in [5.41, 5.74) is 9.58. The molecule has 0 saturated carbocycles. The summed E-state index contributed by atoms with van der Waals surface area (Å²) < 4.78 is 15.3. The highest BCUT2D eigenvalue weighted by atomic mass is 16.7. The summed E-state index contributed by atoms with van der Waals surface area (Å²) in [5.74, 6) is -0.378. The number of unbranched alkanes of at least 4 members (excludes halogenated alkanes) is 3. The molecule has 1 fully saturated rings. The second kappa shape index (κ2) is 17.2. The molecule has 260 valence electrons. The van der Waals surface area contributed by atoms with Gasteiger partial charge >= 0.3 is 0 Å². The molecular formula is C40H44N4O6. The van der Waals surface area contributed by atoms with Crippen molar-refractivity contribution in [2.24, 2.45) is 0 Å². The van der Waals surface area contributed by atoms with Gasteiger partial charge < -0.3 is 24.5 Å². The second-order valence-corrected chi connectivity index (χ2v) is 12.8. The van der Waals surface area contributed by atoms with E-state index in [4.69, 9.17) is 14.7 Å². The van der Waals surface area contributed by atoms with Crippen LogP contribution in [0.4, 0.5) is 0 Å². The highest BCUT2D eigenvalue weighted by molar-refractivity contribution is 5.76. The summed E-state index contributed by atoms with van der Waals surface area (Å²) in [5, 5.41) is 21.1. The van der Waals surface area contributed by atoms with E-state index >= 15 is 0 Å². The molecule has 1 aromatic heterocycles. The van der Waals surface area contributed by atoms with Crippen molar-refractivity contribution < 1.29 is 29.4 Å². The maximum absolute atomic E-state index is 12.4. The summed E-state index contributed by atoms with van der Waals surface area (Å²) in [6.07, 6.45) is 5.53. The highest BCUT2D eigenvalue weighted by Gasteiger charge is 2.32. The number of aliphatic hydroxyl groups excluding tert-OH is 1. The van der Waals surface area contributed by atoms with E-state index in [1.165, 1.54) is 0 Å². The number of hydrogen-bond donors (Lipinski definition) is 4. The molecule has 5 aromatic rings. The quantitative estimate of drug-likeness (QED) is 0.0538. The topological polar surface area (TPSA) is 135 Å². The molecule has 1 saturated heterocycles. The van der Waals surface area contributed by atoms with Crippen molar-refractivity contribution in [3.8, 4) is 11.1 Å². The van der Waals surface area contributed by atoms with Crippen molar-refractivity contribution in [1.82, 2.24) is 20.3 Å². The number of hydrogen-bond acceptors (Lipinski definition) is 7. The molecule has 0 spiro atoms. The summed E-state index contributed by atoms with van der Waals surface area (Å²) in [6.45, 7) is 1.08. The van der Waals surface area contributed by atoms with E-state index in [0.717, 1.165) is 63.7 Å². The van der Waals surface area contributed by atoms with E-state index in [1.807, 2.05) is 73.1 Å². The second-order valence-electron chi connectivity index (χ2n) is 12.8. The van der Waals surface area contributed by atoms with Gasteiger partial charge in [-0.05, 0) is 58.9 Å². The third-order valence-corrected chi connectivity index (χ3v) is 9.16. The summed E-state index contributed by atoms with van der Waals surface area (Å²) in [4.78, 5) is 28.1. The Morgan fingerprint density at radius 2 is 1.52 bits per heavy atom. The lowest BCUT2D eigenvalue weighted by Gasteiger charge is -2.36. The molecule has 3 atom stereocenters. The SMILES string of the molecule is O=C(CCCCCCC(=O)NCc1cccc(-c2ccc(C3OC(Cn4cnc5ccccc54)CC(c4ccc(CO)cc4)O3)cc2)c1)NO. The number of carbonyl (C=O) groups excluding carboxylic acids is 2. The fourth-order valence-corrected chi connectivity index (χ4v) is 6.37. The largest absolute Gasteiger partial charge is 0.392 e. The number of benzene rings is 4. The van der Waals surface area contributed by atoms with Gasteiger partial charge in [0.15, 0.2) is 6.29 Å². The number of imidazole rings is 1. The maximum atomic E-state index is 12.4. The normalized spacial score (nSPS) is 17.4. The van der Waals surface area contributed by atoms with Crippen LogP contribution in [-0.2, 0) is 38.8 Å². The number of hydroxylamine groups is 1. The number of para-hydroxylation sites is 2. The lowest BCUT2D eigenvalue weighted by atomic mass is 9.99. The Balaban J connectivity index is 1.08. The van der Waals surface area contributed by atoms with Crippen molar-refractivity contribution in [2.45, 2.75) is 83.1 Å². The zero-order chi connectivity index (χ0) is 34.7. The Morgan fingerprint density at radius 1 is 0.780 bits per heavy atom. The van der Waals surface area contributed by atoms with Crippen LogP contribution in [0.3, 0.4) is 0 Å². The zero-order valence-electron chi connectivity index (χ0n) is 28.0. The van der Waals surface area contributed by atoms with E-state index < -0.39 is 6.29 Å². The average Bonchev–Trinajstić information content (AvgIpc) is 3.57. The van der Waals surface area contributed by atoms with E-state index in [0.29, 0.717) is 32.4 Å². The Morgan fingerprint density at radius 3 is 2.28 bits per heavy atom. The molecule has 0 aliphatic carbocycles. The van der Waals surface area contributed by atoms with Gasteiger partial charge in [-0.15, -0.1) is 0 Å². The number of ether oxygens (including phenoxy) is 2. The Hall–Kier alpha value is -4.87. The molecule has 2 amide bonds. The van der Waals surface area contributed by atoms with E-state index in [9.17, 15) is 14.7 Å². The zero-order valence-corrected chi connectivity index (χ0v) is 28.0. The van der Waals surface area contributed by atoms with Crippen LogP contribution in [0, 0.1) is 0 Å². The molecule has 6 rings (SSSR count). The Labute approximate surface area is 292 Å². The van der Waals surface area contributed by atoms with Crippen LogP contribution in [0.5, 0.6) is 0 Å². The molecule has 2 heterocycles. The van der Waals surface area contributed by atoms with Gasteiger partial charge in [0.05, 0.1) is 42.7 Å². The lowest BCUT2D eigenvalue weighted by Crippen LogP contribution is -2.32. The van der Waals surface area contributed by atoms with Crippen molar-refractivity contribution in [3.63, 3.8) is 0 Å². The van der Waals surface area contributed by atoms with E-state index in [1.54, 1.807) is 5.48 Å². The monoisotopic (exact) mass is 676 g/mol. The number of rotatable bonds is 15. The van der Waals surface area contributed by atoms with Gasteiger partial charge in [0.2, 0.25) is 11.8 Å². The molecule has 50 heavy (non-hydrogen) atoms. The molecule has 1 aliphatic heterocycles. The number of nitrogens with zero attached hydrogens (tertiary/aromatic N) is 2. The van der Waals surface area contributed by atoms with Crippen LogP contribution >= 0.6 is 0 Å². The summed E-state index contributed by atoms with van der Waals surface area (Å²) in [7, 11) is 0. The predicted octanol–water partition coefficient (Wildman–Crippen LogP) is 6.90. The average molecular weight is 677 g/mol. The fraction of sp³-hybridized carbons (Fsp3) is 0.325. The van der Waals surface area contributed by atoms with Crippen LogP contribution in [0.25, 0.3) is 22.2 Å². The molecule has 0 bridgehead atoms. The fourth-order valence-electron chi connectivity index (χ4n) is 6.37. The molecule has 1 aliphatic rings. The Kier molecular flexibility index (Phi) is 12.0. The Bertz CT molecular complexity index is 1860. The number of fused-ring (bicyclic) bond motifs is 1. The van der Waals surface area contributed by atoms with Crippen LogP contribution in [0.1, 0.15) is 79.6 Å². The predicted molar refractivity (Wildman–Crippen MR) is 190 cm³/mol. The lowest BCUT2D eigenvalue weighted by molar-refractivity contribution is -0.252. The number of aromatic nitrogens is 2. The standard InChI is InChI=1S/C40H44N4O6/c45-26-28-14-16-31(17-15-28)37-23-34(25-44-27-42-35-10-5-6-11-36(35)44)49-40(50-37)32-20-18-30(19-21-32)33-9-7-8-29(22-33)24-41-38(46)12-3-1-2-4-13-39(47)43-48/h5-11,14-22,27,34,37,40,45,48H,1-4,12-13,23-26H2,(H,41,46)(H,43,47). The third-order valence-electron chi connectivity index (χ3n) is 9.16. The highest BCUT2D eigenvalue weighted by Crippen LogP contribution is 2.39. The van der Waals surface area contributed by atoms with Gasteiger partial charge in [-0.3, -0.25) is 14.8 Å². The van der Waals surface area contributed by atoms with Gasteiger partial charge in [0.25, 0.3) is 0 Å². The molecule has 4 N–H and O–H groups in total. The smallest absolute Gasteiger partial charge is 0.243 e. The number of carbonyl (C=O) groups is 2. The molecule has 10 heteroatoms. The van der Waals surface area contributed by atoms with Gasteiger partial charge in [0, 0.05) is 31.4 Å². The first-order valence-corrected chi connectivity index (χ1v) is 17.3. The third kappa shape index (κ3) is 9.22. The first-order valence-electron chi connectivity index (χ1n) is 17.3. The van der Waals surface area contributed by atoms with Crippen molar-refractivity contribution in [2.75, 3.05) is 0 Å². The number of nitrogens with one attached hydrogen (secondary N) is 2. The maximum Gasteiger partial charge on any atom is 0.243 e. The van der Waals surface area contributed by atoms with Gasteiger partial charge in [-0.1, -0.05) is 91.7 Å². The number of amides is 2. The van der Waals surface area contributed by atoms with Crippen LogP contribution in [0.2, 0.25) is 0 Å². The molecule has 10 nitrogen and oxygen atoms in total. The van der Waals surface area contributed by atoms with Gasteiger partial charge in [0.1, 0.15) is 0 Å². The molecule has 3 unspecified atom stereocenters. The first-order chi connectivity index (χ1) is 24.5. The van der Waals surface area contributed by atoms with Crippen molar-refractivity contribution in [3.05, 3.63) is 126 Å². The van der Waals surface area contributed by atoms with Crippen LogP contribution in [-0.4, -0.2) is 37.8 Å². The van der Waals surface area contributed by atoms with Gasteiger partial charge in [-0.2, -0.15) is 0 Å². The van der Waals surface area contributed by atoms with Crippen molar-refractivity contribution in [1.29, 1.82) is 0 Å². The van der Waals surface area contributed by atoms with Crippen LogP contribution in [0.15, 0.2) is 103 Å².